The summed E-state index contributed by atoms with van der Waals surface area (Å²) >= 11 is 0. The number of hydrogen-bond donors (Lipinski definition) is 1. The van der Waals surface area contributed by atoms with Crippen LogP contribution in [-0.4, -0.2) is 42.9 Å². The maximum atomic E-state index is 14.0. The van der Waals surface area contributed by atoms with E-state index in [9.17, 15) is 14.0 Å². The summed E-state index contributed by atoms with van der Waals surface area (Å²) in [6.07, 6.45) is 4.01. The third-order valence-corrected chi connectivity index (χ3v) is 5.56. The molecule has 0 spiro atoms. The van der Waals surface area contributed by atoms with Gasteiger partial charge in [0, 0.05) is 19.5 Å². The molecule has 2 aliphatic heterocycles. The van der Waals surface area contributed by atoms with Crippen molar-refractivity contribution < 1.29 is 18.4 Å². The van der Waals surface area contributed by atoms with Crippen molar-refractivity contribution in [3.63, 3.8) is 0 Å². The van der Waals surface area contributed by atoms with Gasteiger partial charge in [-0.15, -0.1) is 0 Å². The van der Waals surface area contributed by atoms with Gasteiger partial charge in [0.1, 0.15) is 11.6 Å². The van der Waals surface area contributed by atoms with E-state index in [1.165, 1.54) is 11.0 Å². The maximum absolute atomic E-state index is 14.0. The van der Waals surface area contributed by atoms with E-state index in [0.717, 1.165) is 31.7 Å². The average Bonchev–Trinajstić information content (AvgIpc) is 3.45. The zero-order valence-corrected chi connectivity index (χ0v) is 15.6. The van der Waals surface area contributed by atoms with Crippen LogP contribution in [0.1, 0.15) is 31.1 Å². The number of rotatable bonds is 6. The number of halogens is 1. The number of benzene rings is 1. The summed E-state index contributed by atoms with van der Waals surface area (Å²) in [5, 5.41) is 2.98. The molecule has 2 saturated heterocycles. The highest BCUT2D eigenvalue weighted by Crippen LogP contribution is 2.28. The molecular weight excluding hydrogens is 361 g/mol. The summed E-state index contributed by atoms with van der Waals surface area (Å²) in [7, 11) is 0. The van der Waals surface area contributed by atoms with Crippen molar-refractivity contribution in [1.82, 2.24) is 10.2 Å². The fourth-order valence-electron chi connectivity index (χ4n) is 4.07. The third-order valence-electron chi connectivity index (χ3n) is 5.56. The number of hydrogen-bond acceptors (Lipinski definition) is 4. The number of anilines is 1. The van der Waals surface area contributed by atoms with Gasteiger partial charge in [0.25, 0.3) is 0 Å². The first kappa shape index (κ1) is 18.7. The molecule has 0 saturated carbocycles. The summed E-state index contributed by atoms with van der Waals surface area (Å²) in [5.74, 6) is -0.514. The van der Waals surface area contributed by atoms with Gasteiger partial charge < -0.3 is 14.6 Å². The zero-order valence-electron chi connectivity index (χ0n) is 15.6. The lowest BCUT2D eigenvalue weighted by Crippen LogP contribution is -2.39. The first-order valence-corrected chi connectivity index (χ1v) is 9.73. The Morgan fingerprint density at radius 1 is 1.21 bits per heavy atom. The van der Waals surface area contributed by atoms with E-state index in [0.29, 0.717) is 6.54 Å². The maximum Gasteiger partial charge on any atom is 0.227 e. The molecule has 0 bridgehead atoms. The number of furan rings is 1. The monoisotopic (exact) mass is 385 g/mol. The summed E-state index contributed by atoms with van der Waals surface area (Å²) in [5.41, 5.74) is 0.230. The molecule has 7 heteroatoms. The highest BCUT2D eigenvalue weighted by Gasteiger charge is 2.36. The molecule has 148 valence electrons. The lowest BCUT2D eigenvalue weighted by molar-refractivity contribution is -0.126. The van der Waals surface area contributed by atoms with Crippen molar-refractivity contribution in [1.29, 1.82) is 0 Å². The van der Waals surface area contributed by atoms with E-state index in [1.807, 2.05) is 12.1 Å². The lowest BCUT2D eigenvalue weighted by Gasteiger charge is -2.26. The molecule has 3 heterocycles. The summed E-state index contributed by atoms with van der Waals surface area (Å²) in [4.78, 5) is 28.7. The molecule has 28 heavy (non-hydrogen) atoms. The van der Waals surface area contributed by atoms with E-state index in [4.69, 9.17) is 4.42 Å². The van der Waals surface area contributed by atoms with Gasteiger partial charge in [0.15, 0.2) is 0 Å². The second-order valence-corrected chi connectivity index (χ2v) is 7.38. The number of carbonyl (C=O) groups is 2. The topological polar surface area (TPSA) is 65.8 Å². The number of amides is 2. The van der Waals surface area contributed by atoms with Crippen LogP contribution < -0.4 is 10.2 Å². The molecule has 0 unspecified atom stereocenters. The van der Waals surface area contributed by atoms with Crippen LogP contribution in [0.15, 0.2) is 47.1 Å². The van der Waals surface area contributed by atoms with Crippen LogP contribution >= 0.6 is 0 Å². The van der Waals surface area contributed by atoms with Crippen molar-refractivity contribution in [2.24, 2.45) is 5.92 Å². The van der Waals surface area contributed by atoms with Crippen LogP contribution in [0, 0.1) is 11.7 Å². The molecule has 1 aromatic heterocycles. The van der Waals surface area contributed by atoms with Gasteiger partial charge in [-0.2, -0.15) is 0 Å². The third kappa shape index (κ3) is 3.80. The Morgan fingerprint density at radius 3 is 2.71 bits per heavy atom. The van der Waals surface area contributed by atoms with Gasteiger partial charge in [-0.1, -0.05) is 12.1 Å². The first-order valence-electron chi connectivity index (χ1n) is 9.73. The number of likely N-dealkylation sites (tertiary alicyclic amines) is 1. The SMILES string of the molecule is O=C(NC[C@@H](c1ccco1)N1CCCC1)[C@H]1CC(=O)N(c2ccccc2F)C1. The van der Waals surface area contributed by atoms with Crippen molar-refractivity contribution in [3.8, 4) is 0 Å². The van der Waals surface area contributed by atoms with Crippen LogP contribution in [0.25, 0.3) is 0 Å². The van der Waals surface area contributed by atoms with Crippen LogP contribution in [-0.2, 0) is 9.59 Å². The van der Waals surface area contributed by atoms with Gasteiger partial charge in [-0.05, 0) is 50.2 Å². The second kappa shape index (κ2) is 8.14. The molecule has 0 aliphatic carbocycles. The van der Waals surface area contributed by atoms with Crippen molar-refractivity contribution in [2.45, 2.75) is 25.3 Å². The van der Waals surface area contributed by atoms with Gasteiger partial charge >= 0.3 is 0 Å². The summed E-state index contributed by atoms with van der Waals surface area (Å²) in [6, 6.07) is 9.91. The molecule has 6 nitrogen and oxygen atoms in total. The first-order chi connectivity index (χ1) is 13.6. The standard InChI is InChI=1S/C21H24FN3O3/c22-16-6-1-2-7-17(16)25-14-15(12-20(25)26)21(27)23-13-18(19-8-5-11-28-19)24-9-3-4-10-24/h1-2,5-8,11,15,18H,3-4,9-10,12-14H2,(H,23,27)/t15-,18-/m0/s1. The van der Waals surface area contributed by atoms with Crippen molar-refractivity contribution >= 4 is 17.5 Å². The molecule has 4 rings (SSSR count). The smallest absolute Gasteiger partial charge is 0.227 e. The molecule has 2 aliphatic rings. The molecule has 1 N–H and O–H groups in total. The van der Waals surface area contributed by atoms with Gasteiger partial charge in [0.05, 0.1) is 23.9 Å². The van der Waals surface area contributed by atoms with Crippen LogP contribution in [0.4, 0.5) is 10.1 Å². The molecule has 1 aromatic carbocycles. The normalized spacial score (nSPS) is 21.2. The number of nitrogens with one attached hydrogen (secondary N) is 1. The quantitative estimate of drug-likeness (QED) is 0.830. The van der Waals surface area contributed by atoms with Gasteiger partial charge in [0.2, 0.25) is 11.8 Å². The van der Waals surface area contributed by atoms with E-state index < -0.39 is 11.7 Å². The Morgan fingerprint density at radius 2 is 2.00 bits per heavy atom. The molecule has 2 aromatic rings. The molecule has 2 amide bonds. The van der Waals surface area contributed by atoms with Crippen LogP contribution in [0.2, 0.25) is 0 Å². The Balaban J connectivity index is 1.39. The lowest BCUT2D eigenvalue weighted by atomic mass is 10.1. The molecule has 2 atom stereocenters. The fourth-order valence-corrected chi connectivity index (χ4v) is 4.07. The Kier molecular flexibility index (Phi) is 5.43. The number of carbonyl (C=O) groups excluding carboxylic acids is 2. The highest BCUT2D eigenvalue weighted by molar-refractivity contribution is 6.00. The van der Waals surface area contributed by atoms with E-state index >= 15 is 0 Å². The Labute approximate surface area is 163 Å². The van der Waals surface area contributed by atoms with E-state index in [-0.39, 0.29) is 36.5 Å². The second-order valence-electron chi connectivity index (χ2n) is 7.38. The summed E-state index contributed by atoms with van der Waals surface area (Å²) in [6.45, 7) is 2.58. The molecule has 0 radical (unpaired) electrons. The molecular formula is C21H24FN3O3. The Hall–Kier alpha value is -2.67. The fraction of sp³-hybridized carbons (Fsp3) is 0.429. The highest BCUT2D eigenvalue weighted by atomic mass is 19.1. The van der Waals surface area contributed by atoms with Gasteiger partial charge in [-0.25, -0.2) is 4.39 Å². The summed E-state index contributed by atoms with van der Waals surface area (Å²) < 4.78 is 19.6. The minimum Gasteiger partial charge on any atom is -0.468 e. The van der Waals surface area contributed by atoms with Crippen LogP contribution in [0.5, 0.6) is 0 Å². The van der Waals surface area contributed by atoms with E-state index in [2.05, 4.69) is 10.2 Å². The predicted octanol–water partition coefficient (Wildman–Crippen LogP) is 2.72. The van der Waals surface area contributed by atoms with Crippen molar-refractivity contribution in [3.05, 3.63) is 54.2 Å². The van der Waals surface area contributed by atoms with Crippen LogP contribution in [0.3, 0.4) is 0 Å². The van der Waals surface area contributed by atoms with E-state index in [1.54, 1.807) is 24.5 Å². The average molecular weight is 385 g/mol. The zero-order chi connectivity index (χ0) is 19.5. The molecule has 2 fully saturated rings. The van der Waals surface area contributed by atoms with Crippen molar-refractivity contribution in [2.75, 3.05) is 31.1 Å². The predicted molar refractivity (Wildman–Crippen MR) is 102 cm³/mol. The number of nitrogens with zero attached hydrogens (tertiary/aromatic N) is 2. The Bertz CT molecular complexity index is 833. The minimum absolute atomic E-state index is 0.0128. The largest absolute Gasteiger partial charge is 0.468 e. The minimum atomic E-state index is -0.483. The number of para-hydroxylation sites is 1. The van der Waals surface area contributed by atoms with Gasteiger partial charge in [-0.3, -0.25) is 14.5 Å².